The third kappa shape index (κ3) is 3.87. The van der Waals surface area contributed by atoms with Gasteiger partial charge in [-0.3, -0.25) is 9.59 Å². The van der Waals surface area contributed by atoms with Crippen LogP contribution in [-0.4, -0.2) is 38.1 Å². The molecule has 0 spiro atoms. The zero-order valence-corrected chi connectivity index (χ0v) is 8.36. The highest BCUT2D eigenvalue weighted by atomic mass is 16.6. The van der Waals surface area contributed by atoms with Crippen molar-refractivity contribution in [2.75, 3.05) is 13.2 Å². The van der Waals surface area contributed by atoms with Gasteiger partial charge in [-0.15, -0.1) is 4.67 Å². The number of nitrogens with zero attached hydrogens (tertiary/aromatic N) is 1. The number of carbonyl (C=O) groups excluding carboxylic acids is 2. The maximum absolute atomic E-state index is 11.2. The lowest BCUT2D eigenvalue weighted by molar-refractivity contribution is -0.157. The Kier molecular flexibility index (Phi) is 6.07. The van der Waals surface area contributed by atoms with E-state index in [0.717, 1.165) is 6.21 Å². The Morgan fingerprint density at radius 1 is 1.29 bits per heavy atom. The minimum Gasteiger partial charge on any atom is -0.465 e. The van der Waals surface area contributed by atoms with Gasteiger partial charge in [-0.25, -0.2) is 0 Å². The van der Waals surface area contributed by atoms with Crippen molar-refractivity contribution in [3.63, 3.8) is 0 Å². The molecule has 0 N–H and O–H groups in total. The molecule has 0 aliphatic carbocycles. The number of carbonyl (C=O) groups is 2. The molecule has 0 aromatic rings. The zero-order chi connectivity index (χ0) is 11.0. The number of esters is 2. The fraction of sp³-hybridized carbons (Fsp3) is 0.556. The first-order valence-electron chi connectivity index (χ1n) is 4.29. The summed E-state index contributed by atoms with van der Waals surface area (Å²) in [6.07, 6.45) is 1.11. The maximum atomic E-state index is 11.2. The Morgan fingerprint density at radius 2 is 1.71 bits per heavy atom. The highest BCUT2D eigenvalue weighted by molar-refractivity contribution is 6.08. The molecule has 0 fully saturated rings. The quantitative estimate of drug-likeness (QED) is 0.261. The summed E-state index contributed by atoms with van der Waals surface area (Å²) in [5.41, 5.74) is 0. The number of ether oxygens (including phenoxy) is 2. The second kappa shape index (κ2) is 6.86. The Labute approximate surface area is 82.4 Å². The summed E-state index contributed by atoms with van der Waals surface area (Å²) in [6.45, 7) is 6.89. The van der Waals surface area contributed by atoms with E-state index in [1.807, 2.05) is 0 Å². The minimum atomic E-state index is -1.10. The molecule has 0 aromatic heterocycles. The summed E-state index contributed by atoms with van der Waals surface area (Å²) < 4.78 is 12.7. The average molecular weight is 200 g/mol. The predicted molar refractivity (Wildman–Crippen MR) is 52.1 cm³/mol. The molecule has 0 amide bonds. The molecule has 0 bridgehead atoms. The van der Waals surface area contributed by atoms with Crippen molar-refractivity contribution in [1.82, 2.24) is 4.67 Å². The van der Waals surface area contributed by atoms with Gasteiger partial charge in [0.05, 0.1) is 13.2 Å². The van der Waals surface area contributed by atoms with Crippen LogP contribution in [0.15, 0.2) is 0 Å². The molecule has 78 valence electrons. The fourth-order valence-electron chi connectivity index (χ4n) is 0.787. The summed E-state index contributed by atoms with van der Waals surface area (Å²) in [4.78, 5) is 22.4. The van der Waals surface area contributed by atoms with Gasteiger partial charge in [-0.2, -0.15) is 0 Å². The van der Waals surface area contributed by atoms with E-state index in [2.05, 4.69) is 20.9 Å². The molecule has 0 aromatic carbocycles. The fourth-order valence-corrected chi connectivity index (χ4v) is 0.787. The lowest BCUT2D eigenvalue weighted by Gasteiger charge is -2.06. The normalized spacial score (nSPS) is 9.07. The van der Waals surface area contributed by atoms with Gasteiger partial charge >= 0.3 is 11.9 Å². The third-order valence-electron chi connectivity index (χ3n) is 1.34. The molecule has 0 rings (SSSR count). The van der Waals surface area contributed by atoms with Crippen LogP contribution in [-0.2, 0) is 19.1 Å². The van der Waals surface area contributed by atoms with E-state index in [1.165, 1.54) is 0 Å². The van der Waals surface area contributed by atoms with Gasteiger partial charge in [-0.05, 0) is 13.8 Å². The average Bonchev–Trinajstić information content (AvgIpc) is 2.14. The van der Waals surface area contributed by atoms with Gasteiger partial charge in [0.1, 0.15) is 0 Å². The predicted octanol–water partition coefficient (Wildman–Crippen LogP) is -0.433. The van der Waals surface area contributed by atoms with Crippen LogP contribution in [0, 0.1) is 5.92 Å². The molecular formula is C9H14NO4+. The monoisotopic (exact) mass is 200 g/mol. The van der Waals surface area contributed by atoms with Crippen LogP contribution in [0.1, 0.15) is 13.8 Å². The molecule has 0 atom stereocenters. The van der Waals surface area contributed by atoms with Crippen molar-refractivity contribution in [3.8, 4) is 0 Å². The van der Waals surface area contributed by atoms with E-state index in [-0.39, 0.29) is 13.2 Å². The third-order valence-corrected chi connectivity index (χ3v) is 1.34. The zero-order valence-electron chi connectivity index (χ0n) is 8.36. The lowest BCUT2D eigenvalue weighted by atomic mass is 10.2. The van der Waals surface area contributed by atoms with E-state index in [0.29, 0.717) is 0 Å². The number of hydrogen-bond acceptors (Lipinski definition) is 4. The Hall–Kier alpha value is -1.61. The molecular weight excluding hydrogens is 186 g/mol. The van der Waals surface area contributed by atoms with Crippen molar-refractivity contribution < 1.29 is 19.1 Å². The first-order chi connectivity index (χ1) is 6.67. The van der Waals surface area contributed by atoms with Crippen molar-refractivity contribution in [1.29, 1.82) is 0 Å². The molecule has 0 aliphatic rings. The van der Waals surface area contributed by atoms with Crippen LogP contribution < -0.4 is 4.67 Å². The molecule has 0 heterocycles. The van der Waals surface area contributed by atoms with E-state index in [9.17, 15) is 9.59 Å². The van der Waals surface area contributed by atoms with E-state index in [4.69, 9.17) is 0 Å². The summed E-state index contributed by atoms with van der Waals surface area (Å²) >= 11 is 0. The molecule has 0 aliphatic heterocycles. The molecule has 5 nitrogen and oxygen atoms in total. The van der Waals surface area contributed by atoms with Gasteiger partial charge < -0.3 is 9.47 Å². The first kappa shape index (κ1) is 12.4. The summed E-state index contributed by atoms with van der Waals surface area (Å²) in [5.74, 6) is -2.44. The number of rotatable bonds is 5. The van der Waals surface area contributed by atoms with Crippen molar-refractivity contribution in [2.24, 2.45) is 5.92 Å². The Balaban J connectivity index is 4.49. The van der Waals surface area contributed by atoms with Crippen LogP contribution in [0.5, 0.6) is 0 Å². The SMILES string of the molecule is C=[N+]=CC(C(=O)OCC)C(=O)OCC. The summed E-state index contributed by atoms with van der Waals surface area (Å²) in [7, 11) is 0. The van der Waals surface area contributed by atoms with Crippen molar-refractivity contribution in [2.45, 2.75) is 13.8 Å². The minimum absolute atomic E-state index is 0.208. The highest BCUT2D eigenvalue weighted by Gasteiger charge is 2.31. The standard InChI is InChI=1S/C9H14NO4/c1-4-13-8(11)7(6-10-3)9(12)14-5-2/h6-7H,3-5H2,1-2H3/q+1. The van der Waals surface area contributed by atoms with Crippen molar-refractivity contribution in [3.05, 3.63) is 0 Å². The molecule has 0 saturated heterocycles. The molecule has 5 heteroatoms. The Bertz CT molecular complexity index is 238. The molecule has 0 unspecified atom stereocenters. The van der Waals surface area contributed by atoms with E-state index in [1.54, 1.807) is 13.8 Å². The van der Waals surface area contributed by atoms with Gasteiger partial charge in [0, 0.05) is 0 Å². The number of hydrogen-bond donors (Lipinski definition) is 0. The van der Waals surface area contributed by atoms with Gasteiger partial charge in [0.15, 0.2) is 0 Å². The van der Waals surface area contributed by atoms with E-state index >= 15 is 0 Å². The smallest absolute Gasteiger partial charge is 0.331 e. The van der Waals surface area contributed by atoms with Crippen LogP contribution in [0.2, 0.25) is 0 Å². The van der Waals surface area contributed by atoms with Gasteiger partial charge in [0.25, 0.3) is 12.9 Å². The highest BCUT2D eigenvalue weighted by Crippen LogP contribution is 1.99. The van der Waals surface area contributed by atoms with Gasteiger partial charge in [-0.1, -0.05) is 0 Å². The molecule has 0 radical (unpaired) electrons. The lowest BCUT2D eigenvalue weighted by Crippen LogP contribution is -2.29. The van der Waals surface area contributed by atoms with Crippen LogP contribution >= 0.6 is 0 Å². The second-order valence-corrected chi connectivity index (χ2v) is 2.31. The Morgan fingerprint density at radius 3 is 2.00 bits per heavy atom. The molecule has 0 saturated carbocycles. The maximum Gasteiger partial charge on any atom is 0.331 e. The second-order valence-electron chi connectivity index (χ2n) is 2.31. The van der Waals surface area contributed by atoms with Crippen molar-refractivity contribution >= 4 is 24.9 Å². The van der Waals surface area contributed by atoms with Crippen LogP contribution in [0.3, 0.4) is 0 Å². The largest absolute Gasteiger partial charge is 0.465 e. The summed E-state index contributed by atoms with van der Waals surface area (Å²) in [6, 6.07) is 0. The van der Waals surface area contributed by atoms with Gasteiger partial charge in [0.2, 0.25) is 5.92 Å². The van der Waals surface area contributed by atoms with Crippen LogP contribution in [0.25, 0.3) is 0 Å². The summed E-state index contributed by atoms with van der Waals surface area (Å²) in [5, 5.41) is 0. The topological polar surface area (TPSA) is 66.7 Å². The van der Waals surface area contributed by atoms with Crippen LogP contribution in [0.4, 0.5) is 0 Å². The first-order valence-corrected chi connectivity index (χ1v) is 4.29. The van der Waals surface area contributed by atoms with E-state index < -0.39 is 17.9 Å². The molecule has 14 heavy (non-hydrogen) atoms.